The van der Waals surface area contributed by atoms with Crippen molar-refractivity contribution in [2.75, 3.05) is 20.8 Å². The first-order valence-electron chi connectivity index (χ1n) is 13.1. The SMILES string of the molecule is CCOc1cc(C=Nn2c(-c3cc4c(OC)cccc4o3)nc3ccccc3c2=O)cc([N+](=O)[O-])c1O[C@H](C)C(=O)OC. The van der Waals surface area contributed by atoms with Crippen LogP contribution in [0.25, 0.3) is 33.5 Å². The number of nitro groups is 1. The Hall–Kier alpha value is -5.72. The van der Waals surface area contributed by atoms with E-state index in [-0.39, 0.29) is 35.3 Å². The molecule has 5 aromatic rings. The molecule has 0 radical (unpaired) electrons. The van der Waals surface area contributed by atoms with E-state index in [1.807, 2.05) is 0 Å². The van der Waals surface area contributed by atoms with Crippen molar-refractivity contribution in [3.63, 3.8) is 0 Å². The normalized spacial score (nSPS) is 12.0. The maximum atomic E-state index is 13.6. The fraction of sp³-hybridized carbons (Fsp3) is 0.200. The van der Waals surface area contributed by atoms with Crippen molar-refractivity contribution in [3.8, 4) is 28.8 Å². The second-order valence-electron chi connectivity index (χ2n) is 9.14. The van der Waals surface area contributed by atoms with Crippen LogP contribution in [0.4, 0.5) is 5.69 Å². The first kappa shape index (κ1) is 28.8. The number of nitrogens with zero attached hydrogens (tertiary/aromatic N) is 4. The fourth-order valence-corrected chi connectivity index (χ4v) is 4.43. The van der Waals surface area contributed by atoms with Crippen LogP contribution in [0.15, 0.2) is 75.0 Å². The molecule has 0 N–H and O–H groups in total. The Morgan fingerprint density at radius 3 is 2.63 bits per heavy atom. The molecule has 220 valence electrons. The van der Waals surface area contributed by atoms with Crippen molar-refractivity contribution in [1.29, 1.82) is 0 Å². The van der Waals surface area contributed by atoms with Gasteiger partial charge in [-0.15, -0.1) is 0 Å². The van der Waals surface area contributed by atoms with Crippen molar-refractivity contribution >= 4 is 39.7 Å². The van der Waals surface area contributed by atoms with Crippen LogP contribution in [0.1, 0.15) is 19.4 Å². The minimum Gasteiger partial charge on any atom is -0.496 e. The second kappa shape index (κ2) is 12.0. The van der Waals surface area contributed by atoms with Crippen LogP contribution in [0.3, 0.4) is 0 Å². The molecule has 0 spiro atoms. The van der Waals surface area contributed by atoms with Crippen molar-refractivity contribution < 1.29 is 33.1 Å². The van der Waals surface area contributed by atoms with E-state index in [2.05, 4.69) is 14.8 Å². The van der Waals surface area contributed by atoms with Gasteiger partial charge in [0.1, 0.15) is 11.3 Å². The second-order valence-corrected chi connectivity index (χ2v) is 9.14. The van der Waals surface area contributed by atoms with Gasteiger partial charge in [0.15, 0.2) is 17.6 Å². The van der Waals surface area contributed by atoms with Gasteiger partial charge in [-0.1, -0.05) is 18.2 Å². The molecule has 3 aromatic carbocycles. The van der Waals surface area contributed by atoms with E-state index in [1.165, 1.54) is 39.5 Å². The average Bonchev–Trinajstić information content (AvgIpc) is 3.45. The summed E-state index contributed by atoms with van der Waals surface area (Å²) in [6, 6.07) is 16.4. The average molecular weight is 587 g/mol. The molecule has 0 saturated heterocycles. The molecule has 0 fully saturated rings. The van der Waals surface area contributed by atoms with Gasteiger partial charge in [0, 0.05) is 11.6 Å². The molecule has 5 rings (SSSR count). The van der Waals surface area contributed by atoms with Crippen molar-refractivity contribution in [1.82, 2.24) is 9.66 Å². The Labute approximate surface area is 244 Å². The molecule has 0 saturated carbocycles. The van der Waals surface area contributed by atoms with Crippen LogP contribution < -0.4 is 19.8 Å². The largest absolute Gasteiger partial charge is 0.496 e. The summed E-state index contributed by atoms with van der Waals surface area (Å²) in [5.41, 5.74) is 0.191. The zero-order valence-electron chi connectivity index (χ0n) is 23.6. The van der Waals surface area contributed by atoms with E-state index >= 15 is 0 Å². The Balaban J connectivity index is 1.67. The summed E-state index contributed by atoms with van der Waals surface area (Å²) >= 11 is 0. The molecule has 2 heterocycles. The molecule has 2 aromatic heterocycles. The van der Waals surface area contributed by atoms with E-state index in [0.29, 0.717) is 27.6 Å². The van der Waals surface area contributed by atoms with Gasteiger partial charge >= 0.3 is 11.7 Å². The van der Waals surface area contributed by atoms with Gasteiger partial charge in [0.2, 0.25) is 11.6 Å². The number of fused-ring (bicyclic) bond motifs is 2. The number of benzene rings is 3. The molecule has 43 heavy (non-hydrogen) atoms. The first-order valence-corrected chi connectivity index (χ1v) is 13.1. The highest BCUT2D eigenvalue weighted by molar-refractivity contribution is 5.89. The third kappa shape index (κ3) is 5.60. The predicted octanol–water partition coefficient (Wildman–Crippen LogP) is 4.95. The number of hydrogen-bond donors (Lipinski definition) is 0. The molecular formula is C30H26N4O9. The molecule has 0 amide bonds. The summed E-state index contributed by atoms with van der Waals surface area (Å²) in [5, 5.41) is 17.4. The van der Waals surface area contributed by atoms with Gasteiger partial charge in [0.25, 0.3) is 5.56 Å². The van der Waals surface area contributed by atoms with Crippen LogP contribution >= 0.6 is 0 Å². The molecular weight excluding hydrogens is 560 g/mol. The molecule has 0 aliphatic rings. The monoisotopic (exact) mass is 586 g/mol. The summed E-state index contributed by atoms with van der Waals surface area (Å²) in [6.45, 7) is 3.23. The fourth-order valence-electron chi connectivity index (χ4n) is 4.43. The van der Waals surface area contributed by atoms with E-state index in [0.717, 1.165) is 4.68 Å². The smallest absolute Gasteiger partial charge is 0.346 e. The first-order chi connectivity index (χ1) is 20.7. The van der Waals surface area contributed by atoms with Gasteiger partial charge in [-0.25, -0.2) is 9.78 Å². The summed E-state index contributed by atoms with van der Waals surface area (Å²) in [7, 11) is 2.72. The number of para-hydroxylation sites is 1. The Morgan fingerprint density at radius 2 is 1.91 bits per heavy atom. The maximum absolute atomic E-state index is 13.6. The molecule has 0 aliphatic heterocycles. The van der Waals surface area contributed by atoms with Gasteiger partial charge < -0.3 is 23.4 Å². The Morgan fingerprint density at radius 1 is 1.12 bits per heavy atom. The topological polar surface area (TPSA) is 158 Å². The number of furan rings is 1. The molecule has 0 aliphatic carbocycles. The third-order valence-electron chi connectivity index (χ3n) is 6.42. The highest BCUT2D eigenvalue weighted by Crippen LogP contribution is 2.39. The Kier molecular flexibility index (Phi) is 8.05. The number of nitro benzene ring substituents is 1. The quantitative estimate of drug-likeness (QED) is 0.0949. The number of aromatic nitrogens is 2. The lowest BCUT2D eigenvalue weighted by atomic mass is 10.1. The van der Waals surface area contributed by atoms with Crippen LogP contribution in [0, 0.1) is 10.1 Å². The lowest BCUT2D eigenvalue weighted by molar-refractivity contribution is -0.386. The molecule has 0 bridgehead atoms. The van der Waals surface area contributed by atoms with Crippen molar-refractivity contribution in [2.45, 2.75) is 20.0 Å². The number of carbonyl (C=O) groups excluding carboxylic acids is 1. The molecule has 0 unspecified atom stereocenters. The molecule has 1 atom stereocenters. The maximum Gasteiger partial charge on any atom is 0.346 e. The van der Waals surface area contributed by atoms with Crippen LogP contribution in [0.2, 0.25) is 0 Å². The number of hydrogen-bond acceptors (Lipinski definition) is 11. The number of carbonyl (C=O) groups is 1. The lowest BCUT2D eigenvalue weighted by Crippen LogP contribution is -2.25. The van der Waals surface area contributed by atoms with E-state index in [9.17, 15) is 19.7 Å². The highest BCUT2D eigenvalue weighted by Gasteiger charge is 2.27. The standard InChI is InChI=1S/C30H26N4O9/c1-5-41-25-14-18(13-22(34(37)38)27(25)42-17(2)30(36)40-4)16-31-33-28(32-21-10-7-6-9-19(21)29(33)35)26-15-20-23(39-3)11-8-12-24(20)43-26/h6-17H,5H2,1-4H3/t17-/m1/s1. The number of esters is 1. The van der Waals surface area contributed by atoms with Gasteiger partial charge in [-0.2, -0.15) is 9.78 Å². The van der Waals surface area contributed by atoms with Crippen molar-refractivity contribution in [2.24, 2.45) is 5.10 Å². The van der Waals surface area contributed by atoms with Crippen molar-refractivity contribution in [3.05, 3.63) is 86.7 Å². The number of methoxy groups -OCH3 is 2. The minimum absolute atomic E-state index is 0.00230. The summed E-state index contributed by atoms with van der Waals surface area (Å²) in [4.78, 5) is 41.6. The summed E-state index contributed by atoms with van der Waals surface area (Å²) in [5.74, 6) is -0.0388. The van der Waals surface area contributed by atoms with Crippen LogP contribution in [0.5, 0.6) is 17.2 Å². The number of rotatable bonds is 10. The predicted molar refractivity (Wildman–Crippen MR) is 157 cm³/mol. The molecule has 13 heteroatoms. The van der Waals surface area contributed by atoms with E-state index in [4.69, 9.17) is 18.6 Å². The number of ether oxygens (including phenoxy) is 4. The van der Waals surface area contributed by atoms with Gasteiger partial charge in [-0.3, -0.25) is 14.9 Å². The van der Waals surface area contributed by atoms with Gasteiger partial charge in [-0.05, 0) is 50.2 Å². The third-order valence-corrected chi connectivity index (χ3v) is 6.42. The lowest BCUT2D eigenvalue weighted by Gasteiger charge is -2.16. The van der Waals surface area contributed by atoms with Crippen LogP contribution in [-0.4, -0.2) is 53.7 Å². The summed E-state index contributed by atoms with van der Waals surface area (Å²) < 4.78 is 28.4. The minimum atomic E-state index is -1.14. The zero-order valence-corrected chi connectivity index (χ0v) is 23.6. The van der Waals surface area contributed by atoms with E-state index in [1.54, 1.807) is 55.5 Å². The Bertz CT molecular complexity index is 1940. The summed E-state index contributed by atoms with van der Waals surface area (Å²) in [6.07, 6.45) is 0.114. The van der Waals surface area contributed by atoms with E-state index < -0.39 is 28.2 Å². The van der Waals surface area contributed by atoms with Crippen LogP contribution in [-0.2, 0) is 9.53 Å². The zero-order chi connectivity index (χ0) is 30.7. The highest BCUT2D eigenvalue weighted by atomic mass is 16.6. The van der Waals surface area contributed by atoms with Gasteiger partial charge in [0.05, 0.1) is 48.3 Å². The molecule has 13 nitrogen and oxygen atoms in total.